The van der Waals surface area contributed by atoms with E-state index < -0.39 is 0 Å². The lowest BCUT2D eigenvalue weighted by Gasteiger charge is -1.97. The van der Waals surface area contributed by atoms with E-state index in [2.05, 4.69) is 4.98 Å². The number of imidazole rings is 1. The Bertz CT molecular complexity index is 706. The molecule has 0 bridgehead atoms. The Morgan fingerprint density at radius 1 is 1.17 bits per heavy atom. The highest BCUT2D eigenvalue weighted by Gasteiger charge is 2.03. The number of aromatic nitrogens is 2. The quantitative estimate of drug-likeness (QED) is 0.766. The molecule has 2 aromatic heterocycles. The number of hydrogen-bond donors (Lipinski definition) is 1. The number of rotatable bonds is 2. The Kier molecular flexibility index (Phi) is 2.68. The molecule has 0 aliphatic rings. The predicted molar refractivity (Wildman–Crippen MR) is 71.1 cm³/mol. The van der Waals surface area contributed by atoms with Crippen LogP contribution in [0, 0.1) is 0 Å². The highest BCUT2D eigenvalue weighted by molar-refractivity contribution is 6.30. The van der Waals surface area contributed by atoms with Gasteiger partial charge in [0.1, 0.15) is 11.4 Å². The Hall–Kier alpha value is -2.00. The van der Waals surface area contributed by atoms with Crippen molar-refractivity contribution in [2.24, 2.45) is 0 Å². The van der Waals surface area contributed by atoms with Crippen molar-refractivity contribution >= 4 is 17.2 Å². The highest BCUT2D eigenvalue weighted by Crippen LogP contribution is 2.16. The highest BCUT2D eigenvalue weighted by atomic mass is 35.5. The maximum atomic E-state index is 9.40. The van der Waals surface area contributed by atoms with Gasteiger partial charge in [-0.05, 0) is 29.8 Å². The third-order valence-corrected chi connectivity index (χ3v) is 2.99. The SMILES string of the molecule is Oc1ccc2nc(Cc3cccc(Cl)c3)cn2c1. The summed E-state index contributed by atoms with van der Waals surface area (Å²) in [5, 5.41) is 10.1. The number of pyridine rings is 1. The van der Waals surface area contributed by atoms with Crippen LogP contribution in [0.4, 0.5) is 0 Å². The van der Waals surface area contributed by atoms with Gasteiger partial charge in [-0.1, -0.05) is 23.7 Å². The molecule has 2 heterocycles. The van der Waals surface area contributed by atoms with Gasteiger partial charge in [0, 0.05) is 17.6 Å². The molecular formula is C14H11ClN2O. The summed E-state index contributed by atoms with van der Waals surface area (Å²) < 4.78 is 1.81. The van der Waals surface area contributed by atoms with Crippen LogP contribution in [0.5, 0.6) is 5.75 Å². The first-order chi connectivity index (χ1) is 8.70. The van der Waals surface area contributed by atoms with E-state index in [1.807, 2.05) is 34.9 Å². The fourth-order valence-electron chi connectivity index (χ4n) is 1.97. The summed E-state index contributed by atoms with van der Waals surface area (Å²) in [6.45, 7) is 0. The Morgan fingerprint density at radius 2 is 2.06 bits per heavy atom. The minimum absolute atomic E-state index is 0.231. The molecule has 0 aliphatic carbocycles. The van der Waals surface area contributed by atoms with Crippen LogP contribution in [0.3, 0.4) is 0 Å². The zero-order chi connectivity index (χ0) is 12.5. The molecule has 0 radical (unpaired) electrons. The van der Waals surface area contributed by atoms with Crippen molar-refractivity contribution in [1.29, 1.82) is 0 Å². The number of nitrogens with zero attached hydrogens (tertiary/aromatic N) is 2. The Balaban J connectivity index is 1.95. The lowest BCUT2D eigenvalue weighted by molar-refractivity contribution is 0.472. The molecule has 18 heavy (non-hydrogen) atoms. The van der Waals surface area contributed by atoms with Crippen molar-refractivity contribution in [2.45, 2.75) is 6.42 Å². The molecule has 0 unspecified atom stereocenters. The first-order valence-electron chi connectivity index (χ1n) is 5.62. The van der Waals surface area contributed by atoms with Gasteiger partial charge in [0.15, 0.2) is 0 Å². The molecule has 0 saturated heterocycles. The van der Waals surface area contributed by atoms with Crippen molar-refractivity contribution in [3.05, 3.63) is 65.1 Å². The molecule has 90 valence electrons. The summed E-state index contributed by atoms with van der Waals surface area (Å²) in [5.74, 6) is 0.231. The van der Waals surface area contributed by atoms with Gasteiger partial charge in [0.25, 0.3) is 0 Å². The lowest BCUT2D eigenvalue weighted by Crippen LogP contribution is -1.87. The molecule has 3 nitrogen and oxygen atoms in total. The van der Waals surface area contributed by atoms with Gasteiger partial charge >= 0.3 is 0 Å². The van der Waals surface area contributed by atoms with Gasteiger partial charge in [0.05, 0.1) is 11.9 Å². The van der Waals surface area contributed by atoms with Crippen molar-refractivity contribution in [1.82, 2.24) is 9.38 Å². The largest absolute Gasteiger partial charge is 0.506 e. The molecule has 3 aromatic rings. The lowest BCUT2D eigenvalue weighted by atomic mass is 10.1. The van der Waals surface area contributed by atoms with E-state index in [0.29, 0.717) is 0 Å². The minimum atomic E-state index is 0.231. The minimum Gasteiger partial charge on any atom is -0.506 e. The fraction of sp³-hybridized carbons (Fsp3) is 0.0714. The zero-order valence-corrected chi connectivity index (χ0v) is 10.3. The summed E-state index contributed by atoms with van der Waals surface area (Å²) in [4.78, 5) is 4.49. The second-order valence-electron chi connectivity index (χ2n) is 4.19. The first kappa shape index (κ1) is 11.1. The second kappa shape index (κ2) is 4.35. The van der Waals surface area contributed by atoms with Crippen LogP contribution in [0.25, 0.3) is 5.65 Å². The van der Waals surface area contributed by atoms with E-state index in [4.69, 9.17) is 11.6 Å². The standard InChI is InChI=1S/C14H11ClN2O/c15-11-3-1-2-10(6-11)7-12-8-17-9-13(18)4-5-14(17)16-12/h1-6,8-9,18H,7H2. The summed E-state index contributed by atoms with van der Waals surface area (Å²) in [6.07, 6.45) is 4.28. The van der Waals surface area contributed by atoms with E-state index in [-0.39, 0.29) is 5.75 Å². The van der Waals surface area contributed by atoms with Gasteiger partial charge in [0.2, 0.25) is 0 Å². The summed E-state index contributed by atoms with van der Waals surface area (Å²) >= 11 is 5.95. The Labute approximate surface area is 109 Å². The topological polar surface area (TPSA) is 37.5 Å². The number of halogens is 1. The van der Waals surface area contributed by atoms with Crippen molar-refractivity contribution in [3.8, 4) is 5.75 Å². The third-order valence-electron chi connectivity index (χ3n) is 2.76. The maximum absolute atomic E-state index is 9.40. The zero-order valence-electron chi connectivity index (χ0n) is 9.55. The fourth-order valence-corrected chi connectivity index (χ4v) is 2.19. The average Bonchev–Trinajstić information content (AvgIpc) is 2.70. The van der Waals surface area contributed by atoms with Crippen LogP contribution in [0.15, 0.2) is 48.8 Å². The molecule has 1 N–H and O–H groups in total. The van der Waals surface area contributed by atoms with Crippen LogP contribution < -0.4 is 0 Å². The molecule has 3 rings (SSSR count). The summed E-state index contributed by atoms with van der Waals surface area (Å²) in [5.41, 5.74) is 2.89. The van der Waals surface area contributed by atoms with Gasteiger partial charge in [-0.2, -0.15) is 0 Å². The first-order valence-corrected chi connectivity index (χ1v) is 5.99. The van der Waals surface area contributed by atoms with Crippen LogP contribution in [0.1, 0.15) is 11.3 Å². The van der Waals surface area contributed by atoms with Gasteiger partial charge < -0.3 is 9.51 Å². The van der Waals surface area contributed by atoms with Crippen molar-refractivity contribution in [3.63, 3.8) is 0 Å². The number of benzene rings is 1. The van der Waals surface area contributed by atoms with E-state index in [1.54, 1.807) is 18.3 Å². The molecule has 4 heteroatoms. The molecular weight excluding hydrogens is 248 g/mol. The molecule has 0 aliphatic heterocycles. The number of fused-ring (bicyclic) bond motifs is 1. The molecule has 0 amide bonds. The monoisotopic (exact) mass is 258 g/mol. The van der Waals surface area contributed by atoms with Gasteiger partial charge in [-0.15, -0.1) is 0 Å². The third kappa shape index (κ3) is 2.17. The van der Waals surface area contributed by atoms with Crippen LogP contribution in [-0.2, 0) is 6.42 Å². The van der Waals surface area contributed by atoms with Crippen LogP contribution in [-0.4, -0.2) is 14.5 Å². The molecule has 1 aromatic carbocycles. The van der Waals surface area contributed by atoms with Crippen LogP contribution in [0.2, 0.25) is 5.02 Å². The van der Waals surface area contributed by atoms with Crippen LogP contribution >= 0.6 is 11.6 Å². The smallest absolute Gasteiger partial charge is 0.137 e. The summed E-state index contributed by atoms with van der Waals surface area (Å²) in [7, 11) is 0. The van der Waals surface area contributed by atoms with Crippen molar-refractivity contribution in [2.75, 3.05) is 0 Å². The number of hydrogen-bond acceptors (Lipinski definition) is 2. The summed E-state index contributed by atoms with van der Waals surface area (Å²) in [6, 6.07) is 11.2. The van der Waals surface area contributed by atoms with E-state index >= 15 is 0 Å². The normalized spacial score (nSPS) is 10.9. The second-order valence-corrected chi connectivity index (χ2v) is 4.63. The molecule has 0 saturated carbocycles. The van der Waals surface area contributed by atoms with E-state index in [9.17, 15) is 5.11 Å². The maximum Gasteiger partial charge on any atom is 0.137 e. The molecule has 0 spiro atoms. The Morgan fingerprint density at radius 3 is 2.89 bits per heavy atom. The molecule has 0 atom stereocenters. The molecule has 0 fully saturated rings. The average molecular weight is 259 g/mol. The number of aromatic hydroxyl groups is 1. The van der Waals surface area contributed by atoms with E-state index in [1.165, 1.54) is 0 Å². The van der Waals surface area contributed by atoms with Gasteiger partial charge in [-0.3, -0.25) is 0 Å². The van der Waals surface area contributed by atoms with E-state index in [0.717, 1.165) is 28.3 Å². The van der Waals surface area contributed by atoms with Crippen molar-refractivity contribution < 1.29 is 5.11 Å². The van der Waals surface area contributed by atoms with Gasteiger partial charge in [-0.25, -0.2) is 4.98 Å². The predicted octanol–water partition coefficient (Wildman–Crippen LogP) is 3.28.